The zero-order chi connectivity index (χ0) is 27.2. The third kappa shape index (κ3) is 4.85. The van der Waals surface area contributed by atoms with Gasteiger partial charge in [-0.1, -0.05) is 24.3 Å². The number of hydrogen-bond acceptors (Lipinski definition) is 6. The summed E-state index contributed by atoms with van der Waals surface area (Å²) in [6, 6.07) is 7.30. The van der Waals surface area contributed by atoms with E-state index in [1.54, 1.807) is 29.0 Å². The number of alkyl halides is 3. The highest BCUT2D eigenvalue weighted by Gasteiger charge is 2.35. The Kier molecular flexibility index (Phi) is 6.41. The predicted molar refractivity (Wildman–Crippen MR) is 138 cm³/mol. The van der Waals surface area contributed by atoms with Crippen molar-refractivity contribution < 1.29 is 13.2 Å². The molecule has 1 aromatic carbocycles. The highest BCUT2D eigenvalue weighted by molar-refractivity contribution is 5.66. The van der Waals surface area contributed by atoms with Crippen molar-refractivity contribution in [2.24, 2.45) is 0 Å². The Balaban J connectivity index is 1.40. The number of fused-ring (bicyclic) bond motifs is 1. The first-order chi connectivity index (χ1) is 18.0. The van der Waals surface area contributed by atoms with Crippen LogP contribution in [0.4, 0.5) is 19.0 Å². The van der Waals surface area contributed by atoms with Crippen molar-refractivity contribution in [2.75, 3.05) is 5.32 Å². The average molecular weight is 524 g/mol. The maximum Gasteiger partial charge on any atom is 0.434 e. The van der Waals surface area contributed by atoms with Gasteiger partial charge in [-0.2, -0.15) is 18.3 Å². The molecule has 0 amide bonds. The summed E-state index contributed by atoms with van der Waals surface area (Å²) >= 11 is 0. The number of halogens is 3. The van der Waals surface area contributed by atoms with Crippen molar-refractivity contribution in [1.82, 2.24) is 38.9 Å². The van der Waals surface area contributed by atoms with Gasteiger partial charge in [-0.25, -0.2) is 19.5 Å². The predicted octanol–water partition coefficient (Wildman–Crippen LogP) is 5.95. The van der Waals surface area contributed by atoms with E-state index in [0.717, 1.165) is 17.3 Å². The summed E-state index contributed by atoms with van der Waals surface area (Å²) in [7, 11) is 0. The molecule has 5 aromatic rings. The molecule has 4 aromatic heterocycles. The van der Waals surface area contributed by atoms with E-state index < -0.39 is 11.9 Å². The van der Waals surface area contributed by atoms with Gasteiger partial charge in [0.25, 0.3) is 0 Å². The van der Waals surface area contributed by atoms with Crippen molar-refractivity contribution >= 4 is 11.5 Å². The molecule has 4 heterocycles. The monoisotopic (exact) mass is 523 g/mol. The van der Waals surface area contributed by atoms with Gasteiger partial charge in [-0.15, -0.1) is 5.10 Å². The molecule has 0 bridgehead atoms. The number of hydrogen-bond donors (Lipinski definition) is 1. The van der Waals surface area contributed by atoms with Crippen molar-refractivity contribution in [1.29, 1.82) is 0 Å². The summed E-state index contributed by atoms with van der Waals surface area (Å²) < 4.78 is 44.9. The summed E-state index contributed by atoms with van der Waals surface area (Å²) in [5.41, 5.74) is 2.86. The fraction of sp³-hybridized carbons (Fsp3) is 0.346. The van der Waals surface area contributed by atoms with Gasteiger partial charge >= 0.3 is 6.18 Å². The second-order valence-electron chi connectivity index (χ2n) is 9.71. The number of anilines is 1. The van der Waals surface area contributed by atoms with E-state index in [9.17, 15) is 13.2 Å². The molecule has 0 aliphatic heterocycles. The Bertz CT molecular complexity index is 1570. The lowest BCUT2D eigenvalue weighted by molar-refractivity contribution is -0.140. The first-order valence-electron chi connectivity index (χ1n) is 12.3. The quantitative estimate of drug-likeness (QED) is 0.283. The third-order valence-corrected chi connectivity index (χ3v) is 6.16. The van der Waals surface area contributed by atoms with E-state index in [4.69, 9.17) is 4.98 Å². The third-order valence-electron chi connectivity index (χ3n) is 6.16. The largest absolute Gasteiger partial charge is 0.434 e. The molecule has 12 heteroatoms. The second kappa shape index (κ2) is 9.58. The summed E-state index contributed by atoms with van der Waals surface area (Å²) in [5, 5.41) is 12.6. The highest BCUT2D eigenvalue weighted by atomic mass is 19.4. The van der Waals surface area contributed by atoms with E-state index in [1.165, 1.54) is 4.57 Å². The zero-order valence-corrected chi connectivity index (χ0v) is 21.7. The van der Waals surface area contributed by atoms with Gasteiger partial charge in [-0.3, -0.25) is 4.68 Å². The Morgan fingerprint density at radius 1 is 0.947 bits per heavy atom. The van der Waals surface area contributed by atoms with Gasteiger partial charge in [0.1, 0.15) is 11.5 Å². The maximum atomic E-state index is 13.3. The van der Waals surface area contributed by atoms with E-state index >= 15 is 0 Å². The van der Waals surface area contributed by atoms with Crippen molar-refractivity contribution in [3.05, 3.63) is 65.9 Å². The van der Waals surface area contributed by atoms with Gasteiger partial charge in [0.05, 0.1) is 0 Å². The fourth-order valence-electron chi connectivity index (χ4n) is 4.11. The molecule has 0 fully saturated rings. The molecule has 0 atom stereocenters. The molecule has 198 valence electrons. The topological polar surface area (TPSA) is 90.8 Å². The lowest BCUT2D eigenvalue weighted by Gasteiger charge is -2.12. The van der Waals surface area contributed by atoms with Crippen molar-refractivity contribution in [3.8, 4) is 22.9 Å². The van der Waals surface area contributed by atoms with E-state index in [-0.39, 0.29) is 17.9 Å². The van der Waals surface area contributed by atoms with E-state index in [2.05, 4.69) is 39.3 Å². The standard InChI is InChI=1S/C26H28F3N9/c1-15(2)36-14-20(26(27,28)29)32-24(36)19-8-6-18(7-9-19)12-31-23-25-30-10-11-37(25)35-22(33-23)21-17(5)13-38(34-21)16(3)4/h6-11,13-16H,12H2,1-5H3,(H,31,33,35). The van der Waals surface area contributed by atoms with E-state index in [0.29, 0.717) is 35.1 Å². The molecule has 0 aliphatic rings. The Morgan fingerprint density at radius 3 is 2.32 bits per heavy atom. The molecule has 0 radical (unpaired) electrons. The molecule has 1 N–H and O–H groups in total. The van der Waals surface area contributed by atoms with Crippen LogP contribution in [0.15, 0.2) is 49.1 Å². The minimum atomic E-state index is -4.50. The Labute approximate surface area is 217 Å². The van der Waals surface area contributed by atoms with Crippen LogP contribution >= 0.6 is 0 Å². The first-order valence-corrected chi connectivity index (χ1v) is 12.3. The highest BCUT2D eigenvalue weighted by Crippen LogP contribution is 2.32. The Morgan fingerprint density at radius 2 is 1.68 bits per heavy atom. The minimum Gasteiger partial charge on any atom is -0.363 e. The number of rotatable bonds is 7. The normalized spacial score (nSPS) is 12.3. The number of nitrogens with one attached hydrogen (secondary N) is 1. The molecule has 0 saturated carbocycles. The first kappa shape index (κ1) is 25.4. The van der Waals surface area contributed by atoms with Crippen LogP contribution in [0, 0.1) is 6.92 Å². The molecular formula is C26H28F3N9. The van der Waals surface area contributed by atoms with Gasteiger partial charge in [0.2, 0.25) is 5.82 Å². The Hall–Kier alpha value is -4.22. The summed E-state index contributed by atoms with van der Waals surface area (Å²) in [5.74, 6) is 1.31. The van der Waals surface area contributed by atoms with Crippen LogP contribution in [0.3, 0.4) is 0 Å². The van der Waals surface area contributed by atoms with Crippen LogP contribution in [-0.4, -0.2) is 38.9 Å². The van der Waals surface area contributed by atoms with Crippen molar-refractivity contribution in [3.63, 3.8) is 0 Å². The molecule has 9 nitrogen and oxygen atoms in total. The molecular weight excluding hydrogens is 495 g/mol. The SMILES string of the molecule is Cc1cn(C(C)C)nc1-c1nc(NCc2ccc(-c3nc(C(F)(F)F)cn3C(C)C)cc2)c2nccn2n1. The summed E-state index contributed by atoms with van der Waals surface area (Å²) in [6.45, 7) is 10.2. The van der Waals surface area contributed by atoms with Crippen LogP contribution in [0.5, 0.6) is 0 Å². The van der Waals surface area contributed by atoms with Gasteiger partial charge < -0.3 is 9.88 Å². The number of nitrogens with zero attached hydrogens (tertiary/aromatic N) is 8. The lowest BCUT2D eigenvalue weighted by atomic mass is 10.1. The fourth-order valence-corrected chi connectivity index (χ4v) is 4.11. The molecule has 0 spiro atoms. The molecule has 0 aliphatic carbocycles. The molecule has 38 heavy (non-hydrogen) atoms. The lowest BCUT2D eigenvalue weighted by Crippen LogP contribution is -2.08. The van der Waals surface area contributed by atoms with Gasteiger partial charge in [0.15, 0.2) is 17.2 Å². The second-order valence-corrected chi connectivity index (χ2v) is 9.71. The molecule has 0 unspecified atom stereocenters. The summed E-state index contributed by atoms with van der Waals surface area (Å²) in [6.07, 6.45) is 1.93. The average Bonchev–Trinajstić information content (AvgIpc) is 3.60. The van der Waals surface area contributed by atoms with Gasteiger partial charge in [0, 0.05) is 49.0 Å². The molecule has 0 saturated heterocycles. The van der Waals surface area contributed by atoms with Gasteiger partial charge in [-0.05, 0) is 45.7 Å². The smallest absolute Gasteiger partial charge is 0.363 e. The van der Waals surface area contributed by atoms with Crippen LogP contribution in [-0.2, 0) is 12.7 Å². The van der Waals surface area contributed by atoms with Crippen LogP contribution in [0.25, 0.3) is 28.6 Å². The van der Waals surface area contributed by atoms with Crippen LogP contribution in [0.1, 0.15) is 56.6 Å². The van der Waals surface area contributed by atoms with Crippen molar-refractivity contribution in [2.45, 2.75) is 59.4 Å². The number of benzene rings is 1. The number of aryl methyl sites for hydroxylation is 1. The maximum absolute atomic E-state index is 13.3. The molecule has 5 rings (SSSR count). The van der Waals surface area contributed by atoms with Crippen LogP contribution < -0.4 is 5.32 Å². The number of imidazole rings is 2. The number of aromatic nitrogens is 8. The summed E-state index contributed by atoms with van der Waals surface area (Å²) in [4.78, 5) is 13.0. The van der Waals surface area contributed by atoms with E-state index in [1.807, 2.05) is 43.8 Å². The zero-order valence-electron chi connectivity index (χ0n) is 21.7. The van der Waals surface area contributed by atoms with Crippen LogP contribution in [0.2, 0.25) is 0 Å². The minimum absolute atomic E-state index is 0.172.